The molecule has 6 heteroatoms. The van der Waals surface area contributed by atoms with Crippen molar-refractivity contribution in [3.63, 3.8) is 0 Å². The summed E-state index contributed by atoms with van der Waals surface area (Å²) in [6, 6.07) is 5.08. The molecule has 1 heterocycles. The van der Waals surface area contributed by atoms with Crippen LogP contribution in [0.5, 0.6) is 0 Å². The van der Waals surface area contributed by atoms with Gasteiger partial charge in [-0.25, -0.2) is 9.18 Å². The van der Waals surface area contributed by atoms with Gasteiger partial charge in [-0.05, 0) is 36.5 Å². The second kappa shape index (κ2) is 5.92. The van der Waals surface area contributed by atoms with Crippen LogP contribution in [-0.2, 0) is 4.79 Å². The van der Waals surface area contributed by atoms with Crippen LogP contribution >= 0.6 is 0 Å². The topological polar surface area (TPSA) is 69.6 Å². The lowest BCUT2D eigenvalue weighted by Crippen LogP contribution is -2.54. The van der Waals surface area contributed by atoms with Crippen LogP contribution in [0.3, 0.4) is 0 Å². The molecule has 1 saturated heterocycles. The zero-order chi connectivity index (χ0) is 16.6. The summed E-state index contributed by atoms with van der Waals surface area (Å²) in [5.74, 6) is -0.662. The lowest BCUT2D eigenvalue weighted by Gasteiger charge is -2.36. The van der Waals surface area contributed by atoms with E-state index in [2.05, 4.69) is 5.32 Å². The van der Waals surface area contributed by atoms with Gasteiger partial charge in [-0.2, -0.15) is 0 Å². The quantitative estimate of drug-likeness (QED) is 0.840. The third-order valence-electron chi connectivity index (χ3n) is 5.09. The highest BCUT2D eigenvalue weighted by Crippen LogP contribution is 2.38. The van der Waals surface area contributed by atoms with E-state index in [0.717, 1.165) is 24.2 Å². The molecule has 1 aromatic rings. The molecule has 0 aromatic heterocycles. The van der Waals surface area contributed by atoms with Crippen molar-refractivity contribution in [3.05, 3.63) is 35.6 Å². The number of amides is 3. The van der Waals surface area contributed by atoms with Crippen LogP contribution in [-0.4, -0.2) is 34.0 Å². The highest BCUT2D eigenvalue weighted by Gasteiger charge is 2.55. The molecule has 1 saturated carbocycles. The number of nitrogens with zero attached hydrogens (tertiary/aromatic N) is 1. The Bertz CT molecular complexity index is 636. The van der Waals surface area contributed by atoms with Crippen molar-refractivity contribution < 1.29 is 19.1 Å². The maximum atomic E-state index is 13.3. The van der Waals surface area contributed by atoms with Gasteiger partial charge in [-0.15, -0.1) is 0 Å². The molecule has 0 unspecified atom stereocenters. The lowest BCUT2D eigenvalue weighted by molar-refractivity contribution is -0.135. The molecular formula is C17H21FN2O3. The maximum Gasteiger partial charge on any atom is 0.325 e. The number of carbonyl (C=O) groups excluding carboxylic acids is 2. The van der Waals surface area contributed by atoms with E-state index in [4.69, 9.17) is 0 Å². The Morgan fingerprint density at radius 1 is 1.43 bits per heavy atom. The second-order valence-corrected chi connectivity index (χ2v) is 6.53. The highest BCUT2D eigenvalue weighted by atomic mass is 19.1. The van der Waals surface area contributed by atoms with Crippen molar-refractivity contribution in [2.24, 2.45) is 5.92 Å². The molecule has 0 radical (unpaired) electrons. The van der Waals surface area contributed by atoms with Gasteiger partial charge in [0.25, 0.3) is 5.91 Å². The Morgan fingerprint density at radius 3 is 2.91 bits per heavy atom. The van der Waals surface area contributed by atoms with Crippen molar-refractivity contribution >= 4 is 11.9 Å². The Balaban J connectivity index is 1.78. The Labute approximate surface area is 134 Å². The fourth-order valence-electron chi connectivity index (χ4n) is 3.65. The summed E-state index contributed by atoms with van der Waals surface area (Å²) in [7, 11) is 0. The molecule has 3 amide bonds. The third kappa shape index (κ3) is 2.72. The van der Waals surface area contributed by atoms with E-state index in [1.807, 2.05) is 6.92 Å². The summed E-state index contributed by atoms with van der Waals surface area (Å²) in [5, 5.41) is 13.1. The van der Waals surface area contributed by atoms with Gasteiger partial charge < -0.3 is 10.4 Å². The van der Waals surface area contributed by atoms with E-state index < -0.39 is 23.5 Å². The number of nitrogens with one attached hydrogen (secondary N) is 1. The SMILES string of the molecule is C[C@@H]1CCCC[C@]12NC(=O)N(C[C@H](O)c1cccc(F)c1)C2=O. The zero-order valence-electron chi connectivity index (χ0n) is 13.1. The van der Waals surface area contributed by atoms with Crippen LogP contribution in [0.2, 0.25) is 0 Å². The molecular weight excluding hydrogens is 299 g/mol. The number of hydrogen-bond donors (Lipinski definition) is 2. The molecule has 1 aliphatic carbocycles. The summed E-state index contributed by atoms with van der Waals surface area (Å²) in [4.78, 5) is 26.1. The second-order valence-electron chi connectivity index (χ2n) is 6.53. The van der Waals surface area contributed by atoms with Crippen LogP contribution in [0.25, 0.3) is 0 Å². The predicted octanol–water partition coefficient (Wildman–Crippen LogP) is 2.36. The summed E-state index contributed by atoms with van der Waals surface area (Å²) in [5.41, 5.74) is -0.486. The minimum atomic E-state index is -1.10. The molecule has 1 aliphatic heterocycles. The van der Waals surface area contributed by atoms with Crippen molar-refractivity contribution in [2.75, 3.05) is 6.54 Å². The van der Waals surface area contributed by atoms with Gasteiger partial charge in [0, 0.05) is 0 Å². The first-order chi connectivity index (χ1) is 10.9. The number of carbonyl (C=O) groups is 2. The molecule has 1 aromatic carbocycles. The monoisotopic (exact) mass is 320 g/mol. The molecule has 2 aliphatic rings. The summed E-state index contributed by atoms with van der Waals surface area (Å²) in [6.45, 7) is 1.81. The highest BCUT2D eigenvalue weighted by molar-refractivity contribution is 6.07. The fourth-order valence-corrected chi connectivity index (χ4v) is 3.65. The number of β-amino-alcohol motifs (C(OH)–C–C–N with tert-alkyl or cyclic N) is 1. The van der Waals surface area contributed by atoms with Crippen LogP contribution in [0.1, 0.15) is 44.3 Å². The Hall–Kier alpha value is -1.95. The van der Waals surface area contributed by atoms with Crippen molar-refractivity contribution in [1.82, 2.24) is 10.2 Å². The number of imide groups is 1. The van der Waals surface area contributed by atoms with Gasteiger partial charge in [0.2, 0.25) is 0 Å². The van der Waals surface area contributed by atoms with E-state index in [-0.39, 0.29) is 18.4 Å². The average Bonchev–Trinajstić information content (AvgIpc) is 2.75. The van der Waals surface area contributed by atoms with Crippen molar-refractivity contribution in [1.29, 1.82) is 0 Å². The molecule has 2 N–H and O–H groups in total. The summed E-state index contributed by atoms with van der Waals surface area (Å²) < 4.78 is 13.3. The first-order valence-corrected chi connectivity index (χ1v) is 8.01. The number of hydrogen-bond acceptors (Lipinski definition) is 3. The number of benzene rings is 1. The number of aliphatic hydroxyl groups excluding tert-OH is 1. The molecule has 23 heavy (non-hydrogen) atoms. The zero-order valence-corrected chi connectivity index (χ0v) is 13.1. The standard InChI is InChI=1S/C17H21FN2O3/c1-11-5-2-3-8-17(11)15(22)20(16(23)19-17)10-14(21)12-6-4-7-13(18)9-12/h4,6-7,9,11,14,21H,2-3,5,8,10H2,1H3,(H,19,23)/t11-,14+,17+/m1/s1. The van der Waals surface area contributed by atoms with Crippen LogP contribution in [0, 0.1) is 11.7 Å². The van der Waals surface area contributed by atoms with Crippen LogP contribution < -0.4 is 5.32 Å². The fraction of sp³-hybridized carbons (Fsp3) is 0.529. The van der Waals surface area contributed by atoms with Gasteiger partial charge in [0.05, 0.1) is 12.6 Å². The minimum Gasteiger partial charge on any atom is -0.387 e. The van der Waals surface area contributed by atoms with Crippen LogP contribution in [0.4, 0.5) is 9.18 Å². The molecule has 2 fully saturated rings. The van der Waals surface area contributed by atoms with E-state index in [1.54, 1.807) is 6.07 Å². The minimum absolute atomic E-state index is 0.0732. The van der Waals surface area contributed by atoms with E-state index in [0.29, 0.717) is 12.0 Å². The normalized spacial score (nSPS) is 29.0. The number of halogens is 1. The number of rotatable bonds is 3. The van der Waals surface area contributed by atoms with Gasteiger partial charge in [-0.3, -0.25) is 9.69 Å². The average molecular weight is 320 g/mol. The van der Waals surface area contributed by atoms with Gasteiger partial charge in [0.1, 0.15) is 11.4 Å². The van der Waals surface area contributed by atoms with Crippen molar-refractivity contribution in [3.8, 4) is 0 Å². The first kappa shape index (κ1) is 15.9. The number of urea groups is 1. The summed E-state index contributed by atoms with van der Waals surface area (Å²) >= 11 is 0. The molecule has 3 atom stereocenters. The largest absolute Gasteiger partial charge is 0.387 e. The lowest BCUT2D eigenvalue weighted by atomic mass is 9.73. The van der Waals surface area contributed by atoms with E-state index >= 15 is 0 Å². The van der Waals surface area contributed by atoms with Crippen LogP contribution in [0.15, 0.2) is 24.3 Å². The smallest absolute Gasteiger partial charge is 0.325 e. The Morgan fingerprint density at radius 2 is 2.22 bits per heavy atom. The van der Waals surface area contributed by atoms with Gasteiger partial charge in [0.15, 0.2) is 0 Å². The van der Waals surface area contributed by atoms with Gasteiger partial charge in [-0.1, -0.05) is 31.9 Å². The maximum absolute atomic E-state index is 13.3. The Kier molecular flexibility index (Phi) is 4.10. The van der Waals surface area contributed by atoms with E-state index in [9.17, 15) is 19.1 Å². The molecule has 1 spiro atoms. The predicted molar refractivity (Wildman–Crippen MR) is 82.0 cm³/mol. The summed E-state index contributed by atoms with van der Waals surface area (Å²) in [6.07, 6.45) is 2.38. The molecule has 0 bridgehead atoms. The number of aliphatic hydroxyl groups is 1. The molecule has 124 valence electrons. The molecule has 5 nitrogen and oxygen atoms in total. The van der Waals surface area contributed by atoms with Crippen molar-refractivity contribution in [2.45, 2.75) is 44.2 Å². The first-order valence-electron chi connectivity index (χ1n) is 8.01. The van der Waals surface area contributed by atoms with E-state index in [1.165, 1.54) is 18.2 Å². The van der Waals surface area contributed by atoms with Gasteiger partial charge >= 0.3 is 6.03 Å². The molecule has 3 rings (SSSR count). The third-order valence-corrected chi connectivity index (χ3v) is 5.09.